The van der Waals surface area contributed by atoms with Crippen LogP contribution in [0.3, 0.4) is 0 Å². The lowest BCUT2D eigenvalue weighted by atomic mass is 10.0. The zero-order valence-corrected chi connectivity index (χ0v) is 11.4. The van der Waals surface area contributed by atoms with E-state index in [0.29, 0.717) is 12.1 Å². The Bertz CT molecular complexity index is 384. The SMILES string of the molecule is CC1COCC(CCc2cc(Cl)ccc2Cl)N1. The normalized spacial score (nSPS) is 24.9. The van der Waals surface area contributed by atoms with Crippen molar-refractivity contribution in [3.63, 3.8) is 0 Å². The smallest absolute Gasteiger partial charge is 0.0620 e. The van der Waals surface area contributed by atoms with Gasteiger partial charge in [0.2, 0.25) is 0 Å². The summed E-state index contributed by atoms with van der Waals surface area (Å²) in [6.07, 6.45) is 1.94. The number of halogens is 2. The first kappa shape index (κ1) is 13.2. The quantitative estimate of drug-likeness (QED) is 0.913. The molecule has 2 nitrogen and oxygen atoms in total. The average Bonchev–Trinajstić information content (AvgIpc) is 2.30. The molecular weight excluding hydrogens is 257 g/mol. The van der Waals surface area contributed by atoms with Gasteiger partial charge in [-0.2, -0.15) is 0 Å². The highest BCUT2D eigenvalue weighted by atomic mass is 35.5. The van der Waals surface area contributed by atoms with E-state index >= 15 is 0 Å². The van der Waals surface area contributed by atoms with E-state index in [2.05, 4.69) is 12.2 Å². The fourth-order valence-electron chi connectivity index (χ4n) is 2.12. The maximum absolute atomic E-state index is 6.13. The number of hydrogen-bond donors (Lipinski definition) is 1. The van der Waals surface area contributed by atoms with Crippen LogP contribution in [0.5, 0.6) is 0 Å². The van der Waals surface area contributed by atoms with Crippen LogP contribution in [0.15, 0.2) is 18.2 Å². The van der Waals surface area contributed by atoms with Crippen LogP contribution < -0.4 is 5.32 Å². The number of rotatable bonds is 3. The maximum atomic E-state index is 6.13. The minimum atomic E-state index is 0.411. The summed E-state index contributed by atoms with van der Waals surface area (Å²) in [6.45, 7) is 3.72. The molecule has 1 aliphatic heterocycles. The molecule has 17 heavy (non-hydrogen) atoms. The van der Waals surface area contributed by atoms with E-state index in [-0.39, 0.29) is 0 Å². The summed E-state index contributed by atoms with van der Waals surface area (Å²) in [5, 5.41) is 5.05. The van der Waals surface area contributed by atoms with Crippen LogP contribution in [0, 0.1) is 0 Å². The lowest BCUT2D eigenvalue weighted by Crippen LogP contribution is -2.47. The number of ether oxygens (including phenoxy) is 1. The van der Waals surface area contributed by atoms with Crippen molar-refractivity contribution < 1.29 is 4.74 Å². The van der Waals surface area contributed by atoms with Gasteiger partial charge >= 0.3 is 0 Å². The van der Waals surface area contributed by atoms with Gasteiger partial charge in [0.25, 0.3) is 0 Å². The summed E-state index contributed by atoms with van der Waals surface area (Å²) in [6, 6.07) is 6.46. The van der Waals surface area contributed by atoms with Gasteiger partial charge in [0.1, 0.15) is 0 Å². The number of hydrogen-bond acceptors (Lipinski definition) is 2. The predicted molar refractivity (Wildman–Crippen MR) is 72.0 cm³/mol. The zero-order chi connectivity index (χ0) is 12.3. The van der Waals surface area contributed by atoms with E-state index < -0.39 is 0 Å². The molecule has 0 bridgehead atoms. The van der Waals surface area contributed by atoms with Gasteiger partial charge in [-0.1, -0.05) is 23.2 Å². The Hall–Kier alpha value is -0.280. The third kappa shape index (κ3) is 3.85. The molecule has 1 saturated heterocycles. The Morgan fingerprint density at radius 3 is 2.94 bits per heavy atom. The molecule has 94 valence electrons. The molecule has 0 saturated carbocycles. The Kier molecular flexibility index (Phi) is 4.69. The zero-order valence-electron chi connectivity index (χ0n) is 9.88. The Labute approximate surface area is 112 Å². The number of nitrogens with one attached hydrogen (secondary N) is 1. The summed E-state index contributed by atoms with van der Waals surface area (Å²) in [5.74, 6) is 0. The van der Waals surface area contributed by atoms with E-state index in [4.69, 9.17) is 27.9 Å². The molecule has 2 atom stereocenters. The molecule has 1 heterocycles. The molecule has 0 spiro atoms. The third-order valence-corrected chi connectivity index (χ3v) is 3.58. The first-order valence-corrected chi connectivity index (χ1v) is 6.68. The maximum Gasteiger partial charge on any atom is 0.0620 e. The first-order valence-electron chi connectivity index (χ1n) is 5.93. The van der Waals surface area contributed by atoms with Gasteiger partial charge in [0, 0.05) is 22.1 Å². The molecule has 0 amide bonds. The van der Waals surface area contributed by atoms with E-state index in [1.165, 1.54) is 0 Å². The Morgan fingerprint density at radius 1 is 1.35 bits per heavy atom. The number of morpholine rings is 1. The van der Waals surface area contributed by atoms with Crippen molar-refractivity contribution >= 4 is 23.2 Å². The molecule has 4 heteroatoms. The van der Waals surface area contributed by atoms with Crippen molar-refractivity contribution in [3.05, 3.63) is 33.8 Å². The fourth-order valence-corrected chi connectivity index (χ4v) is 2.52. The molecule has 1 N–H and O–H groups in total. The fraction of sp³-hybridized carbons (Fsp3) is 0.538. The molecule has 1 aromatic carbocycles. The molecule has 2 unspecified atom stereocenters. The second kappa shape index (κ2) is 6.05. The Morgan fingerprint density at radius 2 is 2.18 bits per heavy atom. The molecule has 2 rings (SSSR count). The average molecular weight is 274 g/mol. The van der Waals surface area contributed by atoms with E-state index in [1.807, 2.05) is 18.2 Å². The standard InChI is InChI=1S/C13H17Cl2NO/c1-9-7-17-8-12(16-9)4-2-10-6-11(14)3-5-13(10)15/h3,5-6,9,12,16H,2,4,7-8H2,1H3. The highest BCUT2D eigenvalue weighted by Crippen LogP contribution is 2.22. The van der Waals surface area contributed by atoms with Crippen LogP contribution in [0.1, 0.15) is 18.9 Å². The van der Waals surface area contributed by atoms with Crippen LogP contribution in [-0.4, -0.2) is 25.3 Å². The van der Waals surface area contributed by atoms with Gasteiger partial charge in [0.05, 0.1) is 13.2 Å². The van der Waals surface area contributed by atoms with Crippen molar-refractivity contribution in [2.75, 3.05) is 13.2 Å². The van der Waals surface area contributed by atoms with Crippen LogP contribution in [0.2, 0.25) is 10.0 Å². The van der Waals surface area contributed by atoms with Gasteiger partial charge in [-0.25, -0.2) is 0 Å². The monoisotopic (exact) mass is 273 g/mol. The molecular formula is C13H17Cl2NO. The molecule has 1 fully saturated rings. The van der Waals surface area contributed by atoms with Gasteiger partial charge in [-0.3, -0.25) is 0 Å². The number of aryl methyl sites for hydroxylation is 1. The Balaban J connectivity index is 1.90. The summed E-state index contributed by atoms with van der Waals surface area (Å²) in [5.41, 5.74) is 1.11. The third-order valence-electron chi connectivity index (χ3n) is 2.98. The molecule has 0 radical (unpaired) electrons. The van der Waals surface area contributed by atoms with Crippen LogP contribution in [0.4, 0.5) is 0 Å². The molecule has 0 aromatic heterocycles. The number of benzene rings is 1. The van der Waals surface area contributed by atoms with E-state index in [9.17, 15) is 0 Å². The summed E-state index contributed by atoms with van der Waals surface area (Å²) in [4.78, 5) is 0. The highest BCUT2D eigenvalue weighted by molar-refractivity contribution is 6.33. The van der Waals surface area contributed by atoms with Gasteiger partial charge < -0.3 is 10.1 Å². The van der Waals surface area contributed by atoms with Crippen molar-refractivity contribution in [3.8, 4) is 0 Å². The minimum Gasteiger partial charge on any atom is -0.378 e. The minimum absolute atomic E-state index is 0.411. The molecule has 1 aromatic rings. The first-order chi connectivity index (χ1) is 8.15. The van der Waals surface area contributed by atoms with E-state index in [1.54, 1.807) is 0 Å². The topological polar surface area (TPSA) is 21.3 Å². The summed E-state index contributed by atoms with van der Waals surface area (Å²) < 4.78 is 5.52. The van der Waals surface area contributed by atoms with E-state index in [0.717, 1.165) is 41.7 Å². The van der Waals surface area contributed by atoms with Gasteiger partial charge in [0.15, 0.2) is 0 Å². The highest BCUT2D eigenvalue weighted by Gasteiger charge is 2.18. The van der Waals surface area contributed by atoms with Crippen molar-refractivity contribution in [1.29, 1.82) is 0 Å². The van der Waals surface area contributed by atoms with Crippen LogP contribution >= 0.6 is 23.2 Å². The summed E-state index contributed by atoms with van der Waals surface area (Å²) >= 11 is 12.1. The predicted octanol–water partition coefficient (Wildman–Crippen LogP) is 3.30. The second-order valence-corrected chi connectivity index (χ2v) is 5.42. The van der Waals surface area contributed by atoms with Gasteiger partial charge in [-0.15, -0.1) is 0 Å². The van der Waals surface area contributed by atoms with Crippen molar-refractivity contribution in [2.45, 2.75) is 31.8 Å². The van der Waals surface area contributed by atoms with Crippen molar-refractivity contribution in [2.24, 2.45) is 0 Å². The lowest BCUT2D eigenvalue weighted by molar-refractivity contribution is 0.0483. The van der Waals surface area contributed by atoms with Crippen molar-refractivity contribution in [1.82, 2.24) is 5.32 Å². The van der Waals surface area contributed by atoms with Crippen LogP contribution in [0.25, 0.3) is 0 Å². The molecule has 0 aliphatic carbocycles. The lowest BCUT2D eigenvalue weighted by Gasteiger charge is -2.29. The van der Waals surface area contributed by atoms with Gasteiger partial charge in [-0.05, 0) is 43.5 Å². The van der Waals surface area contributed by atoms with Crippen LogP contribution in [-0.2, 0) is 11.2 Å². The summed E-state index contributed by atoms with van der Waals surface area (Å²) in [7, 11) is 0. The second-order valence-electron chi connectivity index (χ2n) is 4.58. The largest absolute Gasteiger partial charge is 0.378 e. The molecule has 1 aliphatic rings.